The maximum atomic E-state index is 4.80. The molecule has 0 aliphatic carbocycles. The number of allylic oxidation sites excluding steroid dienone is 2. The van der Waals surface area contributed by atoms with Crippen molar-refractivity contribution in [1.82, 2.24) is 9.97 Å². The first-order valence-electron chi connectivity index (χ1n) is 8.93. The molecule has 2 aromatic rings. The van der Waals surface area contributed by atoms with Gasteiger partial charge < -0.3 is 10.3 Å². The van der Waals surface area contributed by atoms with Crippen molar-refractivity contribution in [2.75, 3.05) is 5.32 Å². The van der Waals surface area contributed by atoms with Crippen molar-refractivity contribution in [3.63, 3.8) is 0 Å². The van der Waals surface area contributed by atoms with Crippen LogP contribution in [0.5, 0.6) is 0 Å². The zero-order valence-corrected chi connectivity index (χ0v) is 17.1. The Morgan fingerprint density at radius 3 is 2.52 bits per heavy atom. The van der Waals surface area contributed by atoms with Crippen molar-refractivity contribution in [2.24, 2.45) is 0 Å². The van der Waals surface area contributed by atoms with Gasteiger partial charge in [-0.25, -0.2) is 4.98 Å². The van der Waals surface area contributed by atoms with Crippen LogP contribution in [0.25, 0.3) is 11.1 Å². The van der Waals surface area contributed by atoms with Crippen molar-refractivity contribution < 1.29 is 0 Å². The summed E-state index contributed by atoms with van der Waals surface area (Å²) in [6, 6.07) is 10.2. The van der Waals surface area contributed by atoms with Gasteiger partial charge in [0.2, 0.25) is 5.95 Å². The second-order valence-electron chi connectivity index (χ2n) is 5.97. The molecule has 0 aliphatic rings. The van der Waals surface area contributed by atoms with Gasteiger partial charge >= 0.3 is 0 Å². The molecule has 0 atom stereocenters. The number of rotatable bonds is 8. The van der Waals surface area contributed by atoms with Crippen LogP contribution in [0, 0.1) is 0 Å². The first kappa shape index (κ1) is 20.6. The van der Waals surface area contributed by atoms with E-state index in [-0.39, 0.29) is 0 Å². The molecule has 0 radical (unpaired) electrons. The molecule has 1 aromatic carbocycles. The minimum Gasteiger partial charge on any atom is -0.325 e. The summed E-state index contributed by atoms with van der Waals surface area (Å²) in [7, 11) is 0. The number of anilines is 1. The van der Waals surface area contributed by atoms with E-state index in [0.29, 0.717) is 5.95 Å². The molecule has 0 saturated carbocycles. The quantitative estimate of drug-likeness (QED) is 0.630. The molecule has 140 valence electrons. The Balaban J connectivity index is 2.63. The second-order valence-corrected chi connectivity index (χ2v) is 6.98. The molecule has 2 N–H and O–H groups in total. The smallest absolute Gasteiger partial charge is 0.205 e. The predicted octanol–water partition coefficient (Wildman–Crippen LogP) is 5.08. The molecule has 2 rings (SSSR count). The van der Waals surface area contributed by atoms with Crippen molar-refractivity contribution in [3.05, 3.63) is 94.5 Å². The highest BCUT2D eigenvalue weighted by Crippen LogP contribution is 2.23. The molecule has 0 amide bonds. The summed E-state index contributed by atoms with van der Waals surface area (Å²) in [5, 5.41) is 6.99. The van der Waals surface area contributed by atoms with E-state index >= 15 is 0 Å². The molecule has 0 aliphatic heterocycles. The van der Waals surface area contributed by atoms with Crippen molar-refractivity contribution in [1.29, 1.82) is 0 Å². The van der Waals surface area contributed by atoms with Gasteiger partial charge in [-0.1, -0.05) is 80.9 Å². The van der Waals surface area contributed by atoms with Gasteiger partial charge in [0.25, 0.3) is 0 Å². The van der Waals surface area contributed by atoms with Crippen LogP contribution in [0.15, 0.2) is 78.2 Å². The normalized spacial score (nSPS) is 13.7. The highest BCUT2D eigenvalue weighted by Gasteiger charge is 2.09. The number of aromatic amines is 1. The summed E-state index contributed by atoms with van der Waals surface area (Å²) in [5.74, 6) is 0.664. The van der Waals surface area contributed by atoms with Crippen molar-refractivity contribution in [2.45, 2.75) is 27.2 Å². The minimum absolute atomic E-state index is 0.664. The molecular formula is C23H27N3S. The van der Waals surface area contributed by atoms with Crippen LogP contribution in [-0.2, 0) is 0 Å². The fraction of sp³-hybridized carbons (Fsp3) is 0.174. The number of nitrogens with zero attached hydrogens (tertiary/aromatic N) is 1. The fourth-order valence-electron chi connectivity index (χ4n) is 2.69. The minimum atomic E-state index is 0.664. The lowest BCUT2D eigenvalue weighted by atomic mass is 10.0. The molecule has 3 nitrogen and oxygen atoms in total. The Labute approximate surface area is 166 Å². The third-order valence-corrected chi connectivity index (χ3v) is 5.14. The average molecular weight is 378 g/mol. The highest BCUT2D eigenvalue weighted by atomic mass is 32.2. The monoisotopic (exact) mass is 377 g/mol. The lowest BCUT2D eigenvalue weighted by molar-refractivity contribution is 1.16. The molecule has 27 heavy (non-hydrogen) atoms. The number of nitrogens with one attached hydrogen (secondary N) is 2. The Morgan fingerprint density at radius 2 is 1.96 bits per heavy atom. The number of imidazole rings is 1. The standard InChI is InChI=1S/C23H27N3S/c1-7-16(5)21-22(19(8-2)18-14-12-11-13-15-18)26-23(25-21)24-17(6)20(9-3)27-10-4/h8-15H,2,4,6-7H2,1,3,5H3,(H2,24,25,26)/b20-9-,21-16-,22-19-. The predicted molar refractivity (Wildman–Crippen MR) is 121 cm³/mol. The summed E-state index contributed by atoms with van der Waals surface area (Å²) >= 11 is 1.53. The Bertz CT molecular complexity index is 978. The van der Waals surface area contributed by atoms with Crippen molar-refractivity contribution in [3.8, 4) is 0 Å². The van der Waals surface area contributed by atoms with E-state index in [0.717, 1.165) is 38.9 Å². The lowest BCUT2D eigenvalue weighted by Crippen LogP contribution is -2.29. The van der Waals surface area contributed by atoms with E-state index in [4.69, 9.17) is 4.98 Å². The molecule has 0 saturated heterocycles. The van der Waals surface area contributed by atoms with E-state index in [9.17, 15) is 0 Å². The second kappa shape index (κ2) is 9.83. The summed E-state index contributed by atoms with van der Waals surface area (Å²) < 4.78 is 0. The zero-order chi connectivity index (χ0) is 19.8. The Kier molecular flexibility index (Phi) is 7.50. The van der Waals surface area contributed by atoms with Gasteiger partial charge in [0.05, 0.1) is 10.7 Å². The molecule has 0 fully saturated rings. The van der Waals surface area contributed by atoms with E-state index in [1.165, 1.54) is 17.3 Å². The van der Waals surface area contributed by atoms with E-state index in [2.05, 4.69) is 56.0 Å². The number of hydrogen-bond donors (Lipinski definition) is 2. The number of benzene rings is 1. The molecule has 1 aromatic heterocycles. The Hall–Kier alpha value is -2.72. The molecule has 0 unspecified atom stereocenters. The summed E-state index contributed by atoms with van der Waals surface area (Å²) in [4.78, 5) is 9.23. The highest BCUT2D eigenvalue weighted by molar-refractivity contribution is 8.06. The maximum Gasteiger partial charge on any atom is 0.205 e. The first-order valence-corrected chi connectivity index (χ1v) is 9.81. The van der Waals surface area contributed by atoms with Crippen LogP contribution in [0.3, 0.4) is 0 Å². The van der Waals surface area contributed by atoms with Crippen LogP contribution in [0.2, 0.25) is 0 Å². The van der Waals surface area contributed by atoms with Crippen LogP contribution < -0.4 is 16.0 Å². The SMILES string of the molecule is C=CS/C(=C\C)C(=C)Nc1nc(=C(/C)CC)/c(=C(\C=C)c2ccccc2)[nH]1. The lowest BCUT2D eigenvalue weighted by Gasteiger charge is -2.08. The summed E-state index contributed by atoms with van der Waals surface area (Å²) in [6.45, 7) is 18.1. The average Bonchev–Trinajstić information content (AvgIpc) is 3.10. The molecule has 0 spiro atoms. The zero-order valence-electron chi connectivity index (χ0n) is 16.3. The number of hydrogen-bond acceptors (Lipinski definition) is 3. The van der Waals surface area contributed by atoms with Gasteiger partial charge in [0, 0.05) is 16.2 Å². The third kappa shape index (κ3) is 4.92. The van der Waals surface area contributed by atoms with Gasteiger partial charge in [-0.15, -0.1) is 0 Å². The van der Waals surface area contributed by atoms with Crippen LogP contribution >= 0.6 is 11.8 Å². The fourth-order valence-corrected chi connectivity index (χ4v) is 3.20. The number of aromatic nitrogens is 2. The van der Waals surface area contributed by atoms with Gasteiger partial charge in [0.15, 0.2) is 0 Å². The van der Waals surface area contributed by atoms with Crippen molar-refractivity contribution >= 4 is 28.9 Å². The first-order chi connectivity index (χ1) is 13.0. The molecule has 4 heteroatoms. The van der Waals surface area contributed by atoms with Crippen LogP contribution in [0.1, 0.15) is 32.8 Å². The Morgan fingerprint density at radius 1 is 1.26 bits per heavy atom. The van der Waals surface area contributed by atoms with Crippen LogP contribution in [0.4, 0.5) is 5.95 Å². The molecule has 1 heterocycles. The van der Waals surface area contributed by atoms with E-state index < -0.39 is 0 Å². The number of H-pyrrole nitrogens is 1. The van der Waals surface area contributed by atoms with Gasteiger partial charge in [0.1, 0.15) is 0 Å². The maximum absolute atomic E-state index is 4.80. The van der Waals surface area contributed by atoms with Gasteiger partial charge in [-0.3, -0.25) is 0 Å². The summed E-state index contributed by atoms with van der Waals surface area (Å²) in [6.07, 6.45) is 4.80. The number of thioether (sulfide) groups is 1. The van der Waals surface area contributed by atoms with Gasteiger partial charge in [-0.05, 0) is 36.8 Å². The molecule has 0 bridgehead atoms. The van der Waals surface area contributed by atoms with Gasteiger partial charge in [-0.2, -0.15) is 0 Å². The summed E-state index contributed by atoms with van der Waals surface area (Å²) in [5.41, 5.74) is 4.12. The van der Waals surface area contributed by atoms with E-state index in [1.54, 1.807) is 5.41 Å². The topological polar surface area (TPSA) is 40.7 Å². The third-order valence-electron chi connectivity index (χ3n) is 4.24. The van der Waals surface area contributed by atoms with Crippen LogP contribution in [-0.4, -0.2) is 9.97 Å². The van der Waals surface area contributed by atoms with E-state index in [1.807, 2.05) is 37.3 Å². The molecular weight excluding hydrogens is 350 g/mol. The largest absolute Gasteiger partial charge is 0.325 e.